The van der Waals surface area contributed by atoms with Gasteiger partial charge in [-0.05, 0) is 42.5 Å². The molecule has 0 bridgehead atoms. The van der Waals surface area contributed by atoms with Crippen molar-refractivity contribution in [2.45, 2.75) is 25.4 Å². The molecule has 1 atom stereocenters. The standard InChI is InChI=1S/C25H24F3N5O2/c1-35-21-11-18(10-17-4-8-32(15-25(26,27)28)24(34)23(17)21)20-13-30-22-12-19(5-9-33(20)22)31-7-3-16(14-31)2-6-29/h5,9-13,16H,2-4,7-8,14-15H2,1H3. The zero-order valence-corrected chi connectivity index (χ0v) is 19.2. The van der Waals surface area contributed by atoms with Crippen LogP contribution >= 0.6 is 0 Å². The molecule has 2 aromatic heterocycles. The number of imidazole rings is 1. The van der Waals surface area contributed by atoms with Crippen LogP contribution in [-0.4, -0.2) is 59.7 Å². The number of alkyl halides is 3. The molecular weight excluding hydrogens is 459 g/mol. The van der Waals surface area contributed by atoms with Crippen LogP contribution in [0.4, 0.5) is 18.9 Å². The number of hydrogen-bond donors (Lipinski definition) is 0. The van der Waals surface area contributed by atoms with E-state index in [4.69, 9.17) is 10.00 Å². The Morgan fingerprint density at radius 1 is 1.26 bits per heavy atom. The first-order valence-corrected chi connectivity index (χ1v) is 11.4. The smallest absolute Gasteiger partial charge is 0.406 e. The van der Waals surface area contributed by atoms with Crippen molar-refractivity contribution in [3.8, 4) is 23.1 Å². The van der Waals surface area contributed by atoms with E-state index in [1.165, 1.54) is 7.11 Å². The molecule has 0 N–H and O–H groups in total. The normalized spacial score (nSPS) is 18.1. The highest BCUT2D eigenvalue weighted by Gasteiger charge is 2.37. The highest BCUT2D eigenvalue weighted by molar-refractivity contribution is 6.00. The molecule has 1 fully saturated rings. The number of amides is 1. The van der Waals surface area contributed by atoms with Crippen molar-refractivity contribution < 1.29 is 22.7 Å². The van der Waals surface area contributed by atoms with Crippen LogP contribution in [0.5, 0.6) is 5.75 Å². The van der Waals surface area contributed by atoms with Crippen molar-refractivity contribution in [1.82, 2.24) is 14.3 Å². The number of nitriles is 1. The van der Waals surface area contributed by atoms with Gasteiger partial charge >= 0.3 is 6.18 Å². The predicted octanol–water partition coefficient (Wildman–Crippen LogP) is 4.31. The Morgan fingerprint density at radius 3 is 2.83 bits per heavy atom. The Hall–Kier alpha value is -3.74. The van der Waals surface area contributed by atoms with Gasteiger partial charge in [-0.3, -0.25) is 9.20 Å². The number of aromatic nitrogens is 2. The lowest BCUT2D eigenvalue weighted by molar-refractivity contribution is -0.141. The maximum atomic E-state index is 12.9. The lowest BCUT2D eigenvalue weighted by atomic mass is 9.94. The summed E-state index contributed by atoms with van der Waals surface area (Å²) < 4.78 is 46.1. The number of halogens is 3. The Kier molecular flexibility index (Phi) is 5.79. The minimum absolute atomic E-state index is 0.00288. The van der Waals surface area contributed by atoms with Gasteiger partial charge in [-0.15, -0.1) is 0 Å². The molecule has 7 nitrogen and oxygen atoms in total. The first kappa shape index (κ1) is 23.0. The maximum Gasteiger partial charge on any atom is 0.406 e. The number of carbonyl (C=O) groups is 1. The predicted molar refractivity (Wildman–Crippen MR) is 123 cm³/mol. The number of benzene rings is 1. The van der Waals surface area contributed by atoms with Gasteiger partial charge in [0.05, 0.1) is 30.6 Å². The Morgan fingerprint density at radius 2 is 2.09 bits per heavy atom. The number of carbonyl (C=O) groups excluding carboxylic acids is 1. The summed E-state index contributed by atoms with van der Waals surface area (Å²) in [6.07, 6.45) is 1.08. The molecule has 4 heterocycles. The number of ether oxygens (including phenoxy) is 1. The summed E-state index contributed by atoms with van der Waals surface area (Å²) in [5.41, 5.74) is 4.22. The van der Waals surface area contributed by atoms with E-state index in [9.17, 15) is 18.0 Å². The number of fused-ring (bicyclic) bond motifs is 2. The van der Waals surface area contributed by atoms with E-state index in [0.717, 1.165) is 47.0 Å². The van der Waals surface area contributed by atoms with E-state index >= 15 is 0 Å². The van der Waals surface area contributed by atoms with E-state index in [1.807, 2.05) is 28.8 Å². The summed E-state index contributed by atoms with van der Waals surface area (Å²) in [5.74, 6) is -0.0409. The Bertz CT molecular complexity index is 1310. The van der Waals surface area contributed by atoms with Crippen molar-refractivity contribution >= 4 is 17.2 Å². The van der Waals surface area contributed by atoms with Crippen LogP contribution in [0.3, 0.4) is 0 Å². The van der Waals surface area contributed by atoms with E-state index in [1.54, 1.807) is 12.3 Å². The highest BCUT2D eigenvalue weighted by Crippen LogP contribution is 2.36. The van der Waals surface area contributed by atoms with Crippen LogP contribution in [0.15, 0.2) is 36.7 Å². The number of nitrogens with zero attached hydrogens (tertiary/aromatic N) is 5. The second-order valence-electron chi connectivity index (χ2n) is 9.02. The third-order valence-corrected chi connectivity index (χ3v) is 6.75. The number of pyridine rings is 1. The van der Waals surface area contributed by atoms with E-state index in [0.29, 0.717) is 24.3 Å². The van der Waals surface area contributed by atoms with E-state index < -0.39 is 18.6 Å². The first-order chi connectivity index (χ1) is 16.8. The second kappa shape index (κ2) is 8.80. The third kappa shape index (κ3) is 4.38. The van der Waals surface area contributed by atoms with Crippen molar-refractivity contribution in [2.75, 3.05) is 38.2 Å². The minimum atomic E-state index is -4.46. The number of rotatable bonds is 5. The molecule has 1 saturated heterocycles. The quantitative estimate of drug-likeness (QED) is 0.541. The van der Waals surface area contributed by atoms with Gasteiger partial charge in [-0.25, -0.2) is 4.98 Å². The lowest BCUT2D eigenvalue weighted by Gasteiger charge is -2.30. The van der Waals surface area contributed by atoms with Crippen LogP contribution < -0.4 is 9.64 Å². The summed E-state index contributed by atoms with van der Waals surface area (Å²) in [5, 5.41) is 8.96. The van der Waals surface area contributed by atoms with Gasteiger partial charge in [0.1, 0.15) is 17.9 Å². The van der Waals surface area contributed by atoms with Gasteiger partial charge in [-0.2, -0.15) is 18.4 Å². The van der Waals surface area contributed by atoms with Gasteiger partial charge in [0, 0.05) is 49.6 Å². The summed E-state index contributed by atoms with van der Waals surface area (Å²) in [7, 11) is 1.41. The Balaban J connectivity index is 1.46. The molecule has 0 aliphatic carbocycles. The van der Waals surface area contributed by atoms with Crippen molar-refractivity contribution in [2.24, 2.45) is 5.92 Å². The summed E-state index contributed by atoms with van der Waals surface area (Å²) in [6.45, 7) is 0.466. The second-order valence-corrected chi connectivity index (χ2v) is 9.02. The summed E-state index contributed by atoms with van der Waals surface area (Å²) in [6, 6.07) is 9.79. The average molecular weight is 483 g/mol. The van der Waals surface area contributed by atoms with Gasteiger partial charge in [0.2, 0.25) is 0 Å². The van der Waals surface area contributed by atoms with Gasteiger partial charge in [0.25, 0.3) is 5.91 Å². The Labute approximate surface area is 200 Å². The van der Waals surface area contributed by atoms with Crippen molar-refractivity contribution in [3.63, 3.8) is 0 Å². The van der Waals surface area contributed by atoms with Gasteiger partial charge < -0.3 is 14.5 Å². The lowest BCUT2D eigenvalue weighted by Crippen LogP contribution is -2.43. The maximum absolute atomic E-state index is 12.9. The molecule has 2 aliphatic heterocycles. The molecule has 1 unspecified atom stereocenters. The SMILES string of the molecule is COc1cc(-c2cnc3cc(N4CCC(CC#N)C4)ccn23)cc2c1C(=O)N(CC(F)(F)F)CC2. The van der Waals surface area contributed by atoms with Crippen LogP contribution in [0.1, 0.15) is 28.8 Å². The monoisotopic (exact) mass is 483 g/mol. The average Bonchev–Trinajstić information content (AvgIpc) is 3.46. The van der Waals surface area contributed by atoms with Crippen molar-refractivity contribution in [1.29, 1.82) is 5.26 Å². The molecule has 0 saturated carbocycles. The number of hydrogen-bond acceptors (Lipinski definition) is 5. The molecule has 182 valence electrons. The molecule has 0 spiro atoms. The fourth-order valence-electron chi connectivity index (χ4n) is 5.05. The molecule has 5 rings (SSSR count). The van der Waals surface area contributed by atoms with Crippen LogP contribution in [0, 0.1) is 17.2 Å². The van der Waals surface area contributed by atoms with Crippen molar-refractivity contribution in [3.05, 3.63) is 47.8 Å². The van der Waals surface area contributed by atoms with Crippen LogP contribution in [-0.2, 0) is 6.42 Å². The van der Waals surface area contributed by atoms with Gasteiger partial charge in [-0.1, -0.05) is 0 Å². The number of methoxy groups -OCH3 is 1. The fraction of sp³-hybridized carbons (Fsp3) is 0.400. The summed E-state index contributed by atoms with van der Waals surface area (Å²) >= 11 is 0. The first-order valence-electron chi connectivity index (χ1n) is 11.4. The van der Waals surface area contributed by atoms with E-state index in [2.05, 4.69) is 16.0 Å². The molecule has 1 aromatic carbocycles. The highest BCUT2D eigenvalue weighted by atomic mass is 19.4. The van der Waals surface area contributed by atoms with Gasteiger partial charge in [0.15, 0.2) is 0 Å². The number of anilines is 1. The zero-order valence-electron chi connectivity index (χ0n) is 19.2. The fourth-order valence-corrected chi connectivity index (χ4v) is 5.05. The molecule has 3 aromatic rings. The molecule has 1 amide bonds. The molecule has 10 heteroatoms. The largest absolute Gasteiger partial charge is 0.496 e. The topological polar surface area (TPSA) is 73.9 Å². The van der Waals surface area contributed by atoms with Crippen LogP contribution in [0.2, 0.25) is 0 Å². The summed E-state index contributed by atoms with van der Waals surface area (Å²) in [4.78, 5) is 20.5. The zero-order chi connectivity index (χ0) is 24.7. The molecule has 35 heavy (non-hydrogen) atoms. The minimum Gasteiger partial charge on any atom is -0.496 e. The van der Waals surface area contributed by atoms with E-state index in [-0.39, 0.29) is 17.9 Å². The molecule has 2 aliphatic rings. The molecular formula is C25H24F3N5O2. The third-order valence-electron chi connectivity index (χ3n) is 6.75. The molecule has 0 radical (unpaired) electrons. The van der Waals surface area contributed by atoms with Crippen LogP contribution in [0.25, 0.3) is 16.9 Å².